The summed E-state index contributed by atoms with van der Waals surface area (Å²) in [6.45, 7) is 2.29. The van der Waals surface area contributed by atoms with Crippen LogP contribution in [0.2, 0.25) is 0 Å². The van der Waals surface area contributed by atoms with Crippen molar-refractivity contribution in [1.29, 1.82) is 0 Å². The lowest BCUT2D eigenvalue weighted by Crippen LogP contribution is -2.39. The van der Waals surface area contributed by atoms with E-state index in [4.69, 9.17) is 9.47 Å². The van der Waals surface area contributed by atoms with Gasteiger partial charge in [0.1, 0.15) is 0 Å². The highest BCUT2D eigenvalue weighted by Crippen LogP contribution is 2.33. The molecule has 0 spiro atoms. The quantitative estimate of drug-likeness (QED) is 0.768. The Balaban J connectivity index is 2.30. The lowest BCUT2D eigenvalue weighted by atomic mass is 9.98. The lowest BCUT2D eigenvalue weighted by molar-refractivity contribution is -0.144. The number of fused-ring (bicyclic) bond motifs is 1. The van der Waals surface area contributed by atoms with Crippen LogP contribution in [0.25, 0.3) is 0 Å². The molecule has 0 N–H and O–H groups in total. The van der Waals surface area contributed by atoms with Gasteiger partial charge in [-0.2, -0.15) is 0 Å². The summed E-state index contributed by atoms with van der Waals surface area (Å²) in [6, 6.07) is 3.80. The van der Waals surface area contributed by atoms with Gasteiger partial charge in [-0.05, 0) is 29.7 Å². The molecule has 0 aliphatic carbocycles. The van der Waals surface area contributed by atoms with Crippen LogP contribution in [-0.4, -0.2) is 37.4 Å². The van der Waals surface area contributed by atoms with Gasteiger partial charge in [0.15, 0.2) is 11.5 Å². The molecule has 1 aliphatic rings. The summed E-state index contributed by atoms with van der Waals surface area (Å²) in [6.07, 6.45) is 0.717. The molecule has 1 amide bonds. The zero-order valence-corrected chi connectivity index (χ0v) is 11.4. The number of benzene rings is 1. The number of hydrogen-bond acceptors (Lipinski definition) is 4. The van der Waals surface area contributed by atoms with E-state index in [0.717, 1.165) is 11.1 Å². The maximum absolute atomic E-state index is 11.7. The van der Waals surface area contributed by atoms with Gasteiger partial charge >= 0.3 is 0 Å². The van der Waals surface area contributed by atoms with Gasteiger partial charge in [-0.15, -0.1) is 0 Å². The van der Waals surface area contributed by atoms with Crippen LogP contribution in [0.15, 0.2) is 12.1 Å². The number of carbonyl (C=O) groups is 2. The average molecular weight is 263 g/mol. The van der Waals surface area contributed by atoms with Crippen LogP contribution in [0, 0.1) is 0 Å². The molecule has 0 saturated heterocycles. The molecule has 0 unspecified atom stereocenters. The summed E-state index contributed by atoms with van der Waals surface area (Å²) in [5.41, 5.74) is 2.13. The number of ketones is 1. The van der Waals surface area contributed by atoms with Gasteiger partial charge in [-0.1, -0.05) is 0 Å². The van der Waals surface area contributed by atoms with Gasteiger partial charge in [0.05, 0.1) is 14.2 Å². The fraction of sp³-hybridized carbons (Fsp3) is 0.429. The van der Waals surface area contributed by atoms with Crippen LogP contribution in [0.4, 0.5) is 0 Å². The van der Waals surface area contributed by atoms with Crippen molar-refractivity contribution >= 4 is 11.7 Å². The monoisotopic (exact) mass is 263 g/mol. The SMILES string of the molecule is COc1cc2c(cc1OC)CN(C(=O)C(C)=O)CC2. The molecule has 0 fully saturated rings. The van der Waals surface area contributed by atoms with Crippen LogP contribution >= 0.6 is 0 Å². The number of carbonyl (C=O) groups excluding carboxylic acids is 2. The molecule has 0 bridgehead atoms. The second-order valence-corrected chi connectivity index (χ2v) is 4.51. The van der Waals surface area contributed by atoms with Gasteiger partial charge in [-0.25, -0.2) is 0 Å². The molecule has 0 saturated carbocycles. The fourth-order valence-corrected chi connectivity index (χ4v) is 2.28. The average Bonchev–Trinajstić information content (AvgIpc) is 2.44. The van der Waals surface area contributed by atoms with Crippen molar-refractivity contribution in [3.8, 4) is 11.5 Å². The number of ether oxygens (including phenoxy) is 2. The number of nitrogens with zero attached hydrogens (tertiary/aromatic N) is 1. The first-order valence-electron chi connectivity index (χ1n) is 6.10. The van der Waals surface area contributed by atoms with Gasteiger partial charge in [0, 0.05) is 20.0 Å². The van der Waals surface area contributed by atoms with Gasteiger partial charge < -0.3 is 14.4 Å². The minimum atomic E-state index is -0.430. The molecular weight excluding hydrogens is 246 g/mol. The third kappa shape index (κ3) is 2.54. The summed E-state index contributed by atoms with van der Waals surface area (Å²) in [5.74, 6) is 0.468. The van der Waals surface area contributed by atoms with Crippen molar-refractivity contribution in [2.75, 3.05) is 20.8 Å². The van der Waals surface area contributed by atoms with Crippen LogP contribution in [0.5, 0.6) is 11.5 Å². The highest BCUT2D eigenvalue weighted by atomic mass is 16.5. The summed E-state index contributed by atoms with van der Waals surface area (Å²) < 4.78 is 10.5. The normalized spacial score (nSPS) is 13.7. The molecule has 0 atom stereocenters. The van der Waals surface area contributed by atoms with Crippen molar-refractivity contribution < 1.29 is 19.1 Å². The van der Waals surface area contributed by atoms with E-state index in [1.165, 1.54) is 6.92 Å². The first kappa shape index (κ1) is 13.4. The molecule has 0 radical (unpaired) electrons. The zero-order chi connectivity index (χ0) is 14.0. The van der Waals surface area contributed by atoms with Crippen LogP contribution in [-0.2, 0) is 22.6 Å². The molecule has 1 heterocycles. The van der Waals surface area contributed by atoms with Crippen LogP contribution < -0.4 is 9.47 Å². The van der Waals surface area contributed by atoms with E-state index in [9.17, 15) is 9.59 Å². The molecule has 19 heavy (non-hydrogen) atoms. The zero-order valence-electron chi connectivity index (χ0n) is 11.4. The lowest BCUT2D eigenvalue weighted by Gasteiger charge is -2.28. The Morgan fingerprint density at radius 2 is 1.68 bits per heavy atom. The van der Waals surface area contributed by atoms with E-state index in [1.54, 1.807) is 19.1 Å². The molecule has 1 aliphatic heterocycles. The summed E-state index contributed by atoms with van der Waals surface area (Å²) in [7, 11) is 3.17. The molecule has 102 valence electrons. The predicted molar refractivity (Wildman–Crippen MR) is 69.3 cm³/mol. The molecular formula is C14H17NO4. The molecule has 1 aromatic carbocycles. The Hall–Kier alpha value is -2.04. The second-order valence-electron chi connectivity index (χ2n) is 4.51. The van der Waals surface area contributed by atoms with Crippen molar-refractivity contribution in [2.45, 2.75) is 19.9 Å². The number of methoxy groups -OCH3 is 2. The topological polar surface area (TPSA) is 55.8 Å². The standard InChI is InChI=1S/C14H17NO4/c1-9(16)14(17)15-5-4-10-6-12(18-2)13(19-3)7-11(10)8-15/h6-7H,4-5,8H2,1-3H3. The smallest absolute Gasteiger partial charge is 0.289 e. The Labute approximate surface area is 112 Å². The third-order valence-electron chi connectivity index (χ3n) is 3.31. The Morgan fingerprint density at radius 3 is 2.21 bits per heavy atom. The minimum absolute atomic E-state index is 0.427. The Bertz CT molecular complexity index is 524. The molecule has 0 aromatic heterocycles. The van der Waals surface area contributed by atoms with Crippen molar-refractivity contribution in [2.24, 2.45) is 0 Å². The first-order valence-corrected chi connectivity index (χ1v) is 6.10. The van der Waals surface area contributed by atoms with E-state index in [2.05, 4.69) is 0 Å². The number of rotatable bonds is 3. The van der Waals surface area contributed by atoms with Crippen molar-refractivity contribution in [1.82, 2.24) is 4.90 Å². The van der Waals surface area contributed by atoms with Crippen LogP contribution in [0.3, 0.4) is 0 Å². The van der Waals surface area contributed by atoms with E-state index >= 15 is 0 Å². The van der Waals surface area contributed by atoms with Gasteiger partial charge in [-0.3, -0.25) is 9.59 Å². The molecule has 2 rings (SSSR count). The first-order chi connectivity index (χ1) is 9.06. The van der Waals surface area contributed by atoms with Crippen LogP contribution in [0.1, 0.15) is 18.1 Å². The van der Waals surface area contributed by atoms with E-state index in [1.807, 2.05) is 12.1 Å². The van der Waals surface area contributed by atoms with Crippen molar-refractivity contribution in [3.63, 3.8) is 0 Å². The number of amides is 1. The number of hydrogen-bond donors (Lipinski definition) is 0. The second kappa shape index (κ2) is 5.30. The third-order valence-corrected chi connectivity index (χ3v) is 3.31. The maximum atomic E-state index is 11.7. The van der Waals surface area contributed by atoms with E-state index < -0.39 is 11.7 Å². The minimum Gasteiger partial charge on any atom is -0.493 e. The molecule has 5 nitrogen and oxygen atoms in total. The Kier molecular flexibility index (Phi) is 3.74. The van der Waals surface area contributed by atoms with E-state index in [0.29, 0.717) is 31.0 Å². The predicted octanol–water partition coefficient (Wildman–Crippen LogP) is 1.18. The highest BCUT2D eigenvalue weighted by Gasteiger charge is 2.24. The largest absolute Gasteiger partial charge is 0.493 e. The molecule has 1 aromatic rings. The van der Waals surface area contributed by atoms with Crippen molar-refractivity contribution in [3.05, 3.63) is 23.3 Å². The van der Waals surface area contributed by atoms with Gasteiger partial charge in [0.2, 0.25) is 5.78 Å². The number of Topliss-reactive ketones (excluding diaryl/α,β-unsaturated/α-hetero) is 1. The van der Waals surface area contributed by atoms with Gasteiger partial charge in [0.25, 0.3) is 5.91 Å². The fourth-order valence-electron chi connectivity index (χ4n) is 2.28. The summed E-state index contributed by atoms with van der Waals surface area (Å²) >= 11 is 0. The molecule has 5 heteroatoms. The summed E-state index contributed by atoms with van der Waals surface area (Å²) in [4.78, 5) is 24.4. The maximum Gasteiger partial charge on any atom is 0.289 e. The summed E-state index contributed by atoms with van der Waals surface area (Å²) in [5, 5.41) is 0. The Morgan fingerprint density at radius 1 is 1.11 bits per heavy atom. The van der Waals surface area contributed by atoms with E-state index in [-0.39, 0.29) is 0 Å². The highest BCUT2D eigenvalue weighted by molar-refractivity contribution is 6.35.